The van der Waals surface area contributed by atoms with Crippen molar-refractivity contribution in [3.8, 4) is 5.75 Å². The van der Waals surface area contributed by atoms with Crippen LogP contribution in [0.5, 0.6) is 5.75 Å². The quantitative estimate of drug-likeness (QED) is 0.867. The number of alkyl halides is 2. The summed E-state index contributed by atoms with van der Waals surface area (Å²) in [6.45, 7) is 0.210. The molecule has 1 unspecified atom stereocenters. The van der Waals surface area contributed by atoms with Crippen LogP contribution >= 0.6 is 0 Å². The van der Waals surface area contributed by atoms with Crippen LogP contribution in [0.15, 0.2) is 24.3 Å². The molecule has 1 N–H and O–H groups in total. The van der Waals surface area contributed by atoms with Gasteiger partial charge < -0.3 is 24.6 Å². The van der Waals surface area contributed by atoms with Crippen LogP contribution in [0.1, 0.15) is 12.8 Å². The van der Waals surface area contributed by atoms with E-state index in [0.717, 1.165) is 12.8 Å². The van der Waals surface area contributed by atoms with E-state index in [0.29, 0.717) is 45.1 Å². The van der Waals surface area contributed by atoms with E-state index in [1.807, 2.05) is 0 Å². The van der Waals surface area contributed by atoms with Crippen molar-refractivity contribution in [2.45, 2.75) is 19.5 Å². The second-order valence-corrected chi connectivity index (χ2v) is 6.56. The molecule has 0 aliphatic carbocycles. The Morgan fingerprint density at radius 1 is 1.19 bits per heavy atom. The lowest BCUT2D eigenvalue weighted by Crippen LogP contribution is -2.50. The number of anilines is 1. The van der Waals surface area contributed by atoms with E-state index in [2.05, 4.69) is 10.1 Å². The summed E-state index contributed by atoms with van der Waals surface area (Å²) in [5.41, 5.74) is 0.361. The molecular formula is C18H23F2N3O4. The molecule has 9 heteroatoms. The minimum Gasteiger partial charge on any atom is -0.435 e. The maximum absolute atomic E-state index is 12.7. The molecule has 2 heterocycles. The van der Waals surface area contributed by atoms with E-state index in [4.69, 9.17) is 4.74 Å². The number of likely N-dealkylation sites (tertiary alicyclic amines) is 1. The molecule has 2 aliphatic rings. The van der Waals surface area contributed by atoms with Crippen LogP contribution in [0.4, 0.5) is 19.3 Å². The SMILES string of the molecule is O=C(Nc1cccc(OC(F)F)c1)N1CCCC(C(=O)N2CCOCC2)C1. The first-order valence-electron chi connectivity index (χ1n) is 9.00. The van der Waals surface area contributed by atoms with E-state index in [1.54, 1.807) is 15.9 Å². The van der Waals surface area contributed by atoms with Gasteiger partial charge in [0.15, 0.2) is 0 Å². The van der Waals surface area contributed by atoms with Gasteiger partial charge in [-0.15, -0.1) is 0 Å². The van der Waals surface area contributed by atoms with Crippen LogP contribution in [0.25, 0.3) is 0 Å². The fourth-order valence-electron chi connectivity index (χ4n) is 3.36. The number of carbonyl (C=O) groups excluding carboxylic acids is 2. The maximum atomic E-state index is 12.7. The van der Waals surface area contributed by atoms with Gasteiger partial charge in [-0.2, -0.15) is 8.78 Å². The van der Waals surface area contributed by atoms with Crippen molar-refractivity contribution in [1.29, 1.82) is 0 Å². The zero-order valence-corrected chi connectivity index (χ0v) is 14.9. The van der Waals surface area contributed by atoms with Crippen molar-refractivity contribution in [2.75, 3.05) is 44.7 Å². The van der Waals surface area contributed by atoms with Crippen molar-refractivity contribution in [3.63, 3.8) is 0 Å². The summed E-state index contributed by atoms with van der Waals surface area (Å²) in [4.78, 5) is 28.6. The molecule has 7 nitrogen and oxygen atoms in total. The van der Waals surface area contributed by atoms with Gasteiger partial charge in [-0.1, -0.05) is 6.07 Å². The number of hydrogen-bond donors (Lipinski definition) is 1. The second kappa shape index (κ2) is 8.98. The first-order valence-corrected chi connectivity index (χ1v) is 9.00. The molecule has 0 bridgehead atoms. The highest BCUT2D eigenvalue weighted by Gasteiger charge is 2.31. The summed E-state index contributed by atoms with van der Waals surface area (Å²) in [5.74, 6) is -0.193. The Hall–Kier alpha value is -2.42. The van der Waals surface area contributed by atoms with Gasteiger partial charge in [0.25, 0.3) is 0 Å². The fourth-order valence-corrected chi connectivity index (χ4v) is 3.36. The molecule has 1 aromatic carbocycles. The molecule has 3 rings (SSSR count). The molecule has 0 spiro atoms. The van der Waals surface area contributed by atoms with E-state index in [1.165, 1.54) is 18.2 Å². The number of halogens is 2. The van der Waals surface area contributed by atoms with Gasteiger partial charge in [0.05, 0.1) is 19.1 Å². The van der Waals surface area contributed by atoms with Crippen LogP contribution in [0.3, 0.4) is 0 Å². The predicted molar refractivity (Wildman–Crippen MR) is 93.8 cm³/mol. The number of nitrogens with zero attached hydrogens (tertiary/aromatic N) is 2. The average Bonchev–Trinajstić information content (AvgIpc) is 2.68. The third kappa shape index (κ3) is 5.29. The van der Waals surface area contributed by atoms with Crippen molar-refractivity contribution in [3.05, 3.63) is 24.3 Å². The first kappa shape index (κ1) is 19.3. The van der Waals surface area contributed by atoms with E-state index in [9.17, 15) is 18.4 Å². The number of morpholine rings is 1. The molecule has 0 radical (unpaired) electrons. The summed E-state index contributed by atoms with van der Waals surface area (Å²) in [6.07, 6.45) is 1.49. The molecule has 1 atom stereocenters. The average molecular weight is 383 g/mol. The van der Waals surface area contributed by atoms with Crippen molar-refractivity contribution in [2.24, 2.45) is 5.92 Å². The predicted octanol–water partition coefficient (Wildman–Crippen LogP) is 2.39. The Morgan fingerprint density at radius 3 is 2.70 bits per heavy atom. The minimum absolute atomic E-state index is 0.0261. The van der Waals surface area contributed by atoms with E-state index < -0.39 is 6.61 Å². The lowest BCUT2D eigenvalue weighted by molar-refractivity contribution is -0.141. The molecule has 2 fully saturated rings. The number of benzene rings is 1. The number of urea groups is 1. The van der Waals surface area contributed by atoms with Gasteiger partial charge in [0.1, 0.15) is 5.75 Å². The Kier molecular flexibility index (Phi) is 6.44. The molecule has 2 saturated heterocycles. The Balaban J connectivity index is 1.57. The zero-order chi connectivity index (χ0) is 19.2. The van der Waals surface area contributed by atoms with Crippen LogP contribution in [-0.2, 0) is 9.53 Å². The number of amides is 3. The molecule has 0 saturated carbocycles. The highest BCUT2D eigenvalue weighted by molar-refractivity contribution is 5.90. The van der Waals surface area contributed by atoms with Crippen molar-refractivity contribution in [1.82, 2.24) is 9.80 Å². The first-order chi connectivity index (χ1) is 13.0. The zero-order valence-electron chi connectivity index (χ0n) is 14.9. The summed E-state index contributed by atoms with van der Waals surface area (Å²) >= 11 is 0. The van der Waals surface area contributed by atoms with Crippen LogP contribution < -0.4 is 10.1 Å². The van der Waals surface area contributed by atoms with Crippen molar-refractivity contribution >= 4 is 17.6 Å². The molecule has 148 valence electrons. The standard InChI is InChI=1S/C18H23F2N3O4/c19-17(20)27-15-5-1-4-14(11-15)21-18(25)23-6-2-3-13(12-23)16(24)22-7-9-26-10-8-22/h1,4-5,11,13,17H,2-3,6-10,12H2,(H,21,25). The summed E-state index contributed by atoms with van der Waals surface area (Å²) < 4.78 is 34.2. The number of piperidine rings is 1. The summed E-state index contributed by atoms with van der Waals surface area (Å²) in [5, 5.41) is 2.68. The lowest BCUT2D eigenvalue weighted by atomic mass is 9.96. The van der Waals surface area contributed by atoms with Crippen LogP contribution in [-0.4, -0.2) is 67.7 Å². The number of hydrogen-bond acceptors (Lipinski definition) is 4. The summed E-state index contributed by atoms with van der Waals surface area (Å²) in [6, 6.07) is 5.48. The Morgan fingerprint density at radius 2 is 1.96 bits per heavy atom. The van der Waals surface area contributed by atoms with E-state index >= 15 is 0 Å². The van der Waals surface area contributed by atoms with Crippen LogP contribution in [0.2, 0.25) is 0 Å². The minimum atomic E-state index is -2.93. The van der Waals surface area contributed by atoms with Gasteiger partial charge in [0.2, 0.25) is 5.91 Å². The molecule has 27 heavy (non-hydrogen) atoms. The highest BCUT2D eigenvalue weighted by Crippen LogP contribution is 2.22. The molecule has 3 amide bonds. The monoisotopic (exact) mass is 383 g/mol. The maximum Gasteiger partial charge on any atom is 0.387 e. The molecule has 0 aromatic heterocycles. The third-order valence-electron chi connectivity index (χ3n) is 4.69. The number of ether oxygens (including phenoxy) is 2. The van der Waals surface area contributed by atoms with Gasteiger partial charge in [-0.05, 0) is 25.0 Å². The topological polar surface area (TPSA) is 71.1 Å². The number of nitrogens with one attached hydrogen (secondary N) is 1. The van der Waals surface area contributed by atoms with Gasteiger partial charge >= 0.3 is 12.6 Å². The Labute approximate surface area is 156 Å². The number of rotatable bonds is 4. The largest absolute Gasteiger partial charge is 0.435 e. The summed E-state index contributed by atoms with van der Waals surface area (Å²) in [7, 11) is 0. The molecule has 1 aromatic rings. The van der Waals surface area contributed by atoms with Crippen LogP contribution in [0, 0.1) is 5.92 Å². The lowest BCUT2D eigenvalue weighted by Gasteiger charge is -2.36. The second-order valence-electron chi connectivity index (χ2n) is 6.56. The Bertz CT molecular complexity index is 668. The van der Waals surface area contributed by atoms with Gasteiger partial charge in [-0.25, -0.2) is 4.79 Å². The van der Waals surface area contributed by atoms with Crippen molar-refractivity contribution < 1.29 is 27.8 Å². The molecular weight excluding hydrogens is 360 g/mol. The van der Waals surface area contributed by atoms with E-state index in [-0.39, 0.29) is 23.6 Å². The van der Waals surface area contributed by atoms with Gasteiger partial charge in [-0.3, -0.25) is 4.79 Å². The normalized spacial score (nSPS) is 20.5. The highest BCUT2D eigenvalue weighted by atomic mass is 19.3. The number of carbonyl (C=O) groups is 2. The smallest absolute Gasteiger partial charge is 0.387 e. The van der Waals surface area contributed by atoms with Gasteiger partial charge in [0, 0.05) is 37.9 Å². The molecule has 2 aliphatic heterocycles. The fraction of sp³-hybridized carbons (Fsp3) is 0.556. The third-order valence-corrected chi connectivity index (χ3v) is 4.69.